The Morgan fingerprint density at radius 1 is 1.22 bits per heavy atom. The highest BCUT2D eigenvalue weighted by Crippen LogP contribution is 2.18. The Morgan fingerprint density at radius 3 is 2.70 bits per heavy atom. The highest BCUT2D eigenvalue weighted by atomic mass is 32.2. The van der Waals surface area contributed by atoms with Crippen molar-refractivity contribution in [2.24, 2.45) is 0 Å². The molecule has 0 atom stereocenters. The number of pyridine rings is 2. The normalized spacial score (nSPS) is 11.6. The molecule has 0 unspecified atom stereocenters. The SMILES string of the molecule is CN(C)S(=O)(=O)NC(=O)c1cccc(-c2cnn(-c3cncc(F)c3)c2)n1. The van der Waals surface area contributed by atoms with Crippen LogP contribution in [0.3, 0.4) is 0 Å². The lowest BCUT2D eigenvalue weighted by Crippen LogP contribution is -2.39. The Labute approximate surface area is 154 Å². The van der Waals surface area contributed by atoms with Gasteiger partial charge in [-0.3, -0.25) is 9.78 Å². The number of aromatic nitrogens is 4. The molecule has 11 heteroatoms. The lowest BCUT2D eigenvalue weighted by atomic mass is 10.2. The molecule has 0 spiro atoms. The van der Waals surface area contributed by atoms with Crippen LogP contribution < -0.4 is 4.72 Å². The summed E-state index contributed by atoms with van der Waals surface area (Å²) in [5, 5.41) is 4.13. The maximum atomic E-state index is 13.3. The lowest BCUT2D eigenvalue weighted by molar-refractivity contribution is 0.0975. The van der Waals surface area contributed by atoms with E-state index in [9.17, 15) is 17.6 Å². The van der Waals surface area contributed by atoms with Gasteiger partial charge in [0.1, 0.15) is 11.5 Å². The number of hydrogen-bond donors (Lipinski definition) is 1. The minimum atomic E-state index is -3.92. The molecule has 1 amide bonds. The zero-order valence-electron chi connectivity index (χ0n) is 14.4. The van der Waals surface area contributed by atoms with Gasteiger partial charge in [0.15, 0.2) is 0 Å². The number of nitrogens with one attached hydrogen (secondary N) is 1. The highest BCUT2D eigenvalue weighted by molar-refractivity contribution is 7.87. The Kier molecular flexibility index (Phi) is 4.97. The number of hydrogen-bond acceptors (Lipinski definition) is 6. The van der Waals surface area contributed by atoms with Gasteiger partial charge in [0.05, 0.1) is 30.0 Å². The van der Waals surface area contributed by atoms with Crippen molar-refractivity contribution in [3.8, 4) is 16.9 Å². The van der Waals surface area contributed by atoms with E-state index in [-0.39, 0.29) is 5.69 Å². The molecule has 3 aromatic rings. The Balaban J connectivity index is 1.87. The van der Waals surface area contributed by atoms with Crippen LogP contribution in [0.1, 0.15) is 10.5 Å². The van der Waals surface area contributed by atoms with Crippen LogP contribution in [0.25, 0.3) is 16.9 Å². The number of carbonyl (C=O) groups excluding carboxylic acids is 1. The van der Waals surface area contributed by atoms with Crippen molar-refractivity contribution in [2.75, 3.05) is 14.1 Å². The fraction of sp³-hybridized carbons (Fsp3) is 0.125. The second-order valence-corrected chi connectivity index (χ2v) is 7.55. The van der Waals surface area contributed by atoms with Crippen molar-refractivity contribution in [3.05, 3.63) is 60.6 Å². The van der Waals surface area contributed by atoms with Crippen molar-refractivity contribution >= 4 is 16.1 Å². The average molecular weight is 390 g/mol. The van der Waals surface area contributed by atoms with Crippen molar-refractivity contribution in [3.63, 3.8) is 0 Å². The van der Waals surface area contributed by atoms with E-state index in [2.05, 4.69) is 15.1 Å². The first kappa shape index (κ1) is 18.6. The summed E-state index contributed by atoms with van der Waals surface area (Å²) >= 11 is 0. The molecule has 0 aliphatic carbocycles. The molecule has 3 aromatic heterocycles. The Bertz CT molecular complexity index is 1100. The van der Waals surface area contributed by atoms with Crippen LogP contribution in [-0.4, -0.2) is 52.5 Å². The first-order valence-corrected chi connectivity index (χ1v) is 9.08. The number of rotatable bonds is 5. The fourth-order valence-corrected chi connectivity index (χ4v) is 2.63. The molecular formula is C16H15FN6O3S. The zero-order valence-corrected chi connectivity index (χ0v) is 15.2. The standard InChI is InChI=1S/C16H15FN6O3S/c1-22(2)27(25,26)21-16(24)15-5-3-4-14(20-15)11-7-19-23(10-11)13-6-12(17)8-18-9-13/h3-10H,1-2H3,(H,21,24). The number of amides is 1. The molecule has 140 valence electrons. The molecule has 0 bridgehead atoms. The maximum absolute atomic E-state index is 13.3. The molecule has 9 nitrogen and oxygen atoms in total. The summed E-state index contributed by atoms with van der Waals surface area (Å²) in [7, 11) is -1.32. The van der Waals surface area contributed by atoms with Gasteiger partial charge in [-0.2, -0.15) is 17.8 Å². The summed E-state index contributed by atoms with van der Waals surface area (Å²) in [6.07, 6.45) is 5.62. The summed E-state index contributed by atoms with van der Waals surface area (Å²) in [6, 6.07) is 5.88. The zero-order chi connectivity index (χ0) is 19.6. The van der Waals surface area contributed by atoms with E-state index >= 15 is 0 Å². The molecule has 0 radical (unpaired) electrons. The topological polar surface area (TPSA) is 110 Å². The van der Waals surface area contributed by atoms with Crippen LogP contribution in [0.2, 0.25) is 0 Å². The summed E-state index contributed by atoms with van der Waals surface area (Å²) in [5.41, 5.74) is 1.32. The van der Waals surface area contributed by atoms with Gasteiger partial charge in [-0.05, 0) is 12.1 Å². The van der Waals surface area contributed by atoms with Crippen molar-refractivity contribution in [1.82, 2.24) is 28.8 Å². The van der Waals surface area contributed by atoms with Crippen LogP contribution >= 0.6 is 0 Å². The molecule has 3 heterocycles. The van der Waals surface area contributed by atoms with Crippen molar-refractivity contribution in [2.45, 2.75) is 0 Å². The van der Waals surface area contributed by atoms with Crippen LogP contribution in [0.5, 0.6) is 0 Å². The van der Waals surface area contributed by atoms with Gasteiger partial charge in [-0.1, -0.05) is 6.07 Å². The maximum Gasteiger partial charge on any atom is 0.303 e. The molecule has 0 aliphatic heterocycles. The van der Waals surface area contributed by atoms with E-state index in [1.807, 2.05) is 4.72 Å². The minimum Gasteiger partial charge on any atom is -0.266 e. The summed E-state index contributed by atoms with van der Waals surface area (Å²) in [6.45, 7) is 0. The van der Waals surface area contributed by atoms with E-state index in [1.165, 1.54) is 43.3 Å². The van der Waals surface area contributed by atoms with E-state index < -0.39 is 21.9 Å². The van der Waals surface area contributed by atoms with Gasteiger partial charge >= 0.3 is 10.2 Å². The largest absolute Gasteiger partial charge is 0.303 e. The minimum absolute atomic E-state index is 0.0712. The van der Waals surface area contributed by atoms with Crippen LogP contribution in [0, 0.1) is 5.82 Å². The van der Waals surface area contributed by atoms with Crippen LogP contribution in [-0.2, 0) is 10.2 Å². The van der Waals surface area contributed by atoms with E-state index in [4.69, 9.17) is 0 Å². The predicted molar refractivity (Wildman–Crippen MR) is 94.6 cm³/mol. The van der Waals surface area contributed by atoms with E-state index in [0.29, 0.717) is 16.9 Å². The summed E-state index contributed by atoms with van der Waals surface area (Å²) in [5.74, 6) is -1.35. The second kappa shape index (κ2) is 7.21. The third-order valence-corrected chi connectivity index (χ3v) is 4.92. The van der Waals surface area contributed by atoms with Gasteiger partial charge in [0, 0.05) is 31.9 Å². The predicted octanol–water partition coefficient (Wildman–Crippen LogP) is 1.00. The first-order chi connectivity index (χ1) is 12.8. The van der Waals surface area contributed by atoms with Gasteiger partial charge in [0.2, 0.25) is 0 Å². The van der Waals surface area contributed by atoms with Crippen molar-refractivity contribution in [1.29, 1.82) is 0 Å². The van der Waals surface area contributed by atoms with Crippen LogP contribution in [0.4, 0.5) is 4.39 Å². The molecule has 0 saturated carbocycles. The van der Waals surface area contributed by atoms with Crippen LogP contribution in [0.15, 0.2) is 49.1 Å². The molecule has 3 rings (SSSR count). The summed E-state index contributed by atoms with van der Waals surface area (Å²) < 4.78 is 41.1. The van der Waals surface area contributed by atoms with E-state index in [0.717, 1.165) is 10.5 Å². The quantitative estimate of drug-likeness (QED) is 0.696. The van der Waals surface area contributed by atoms with Gasteiger partial charge in [-0.15, -0.1) is 0 Å². The summed E-state index contributed by atoms with van der Waals surface area (Å²) in [4.78, 5) is 20.1. The number of nitrogens with zero attached hydrogens (tertiary/aromatic N) is 5. The Morgan fingerprint density at radius 2 is 2.00 bits per heavy atom. The smallest absolute Gasteiger partial charge is 0.266 e. The van der Waals surface area contributed by atoms with Crippen molar-refractivity contribution < 1.29 is 17.6 Å². The molecule has 0 saturated heterocycles. The number of halogens is 1. The van der Waals surface area contributed by atoms with E-state index in [1.54, 1.807) is 18.3 Å². The molecule has 0 aliphatic rings. The highest BCUT2D eigenvalue weighted by Gasteiger charge is 2.19. The van der Waals surface area contributed by atoms with Gasteiger partial charge in [-0.25, -0.2) is 18.8 Å². The Hall–Kier alpha value is -3.18. The monoisotopic (exact) mass is 390 g/mol. The third kappa shape index (κ3) is 4.15. The fourth-order valence-electron chi connectivity index (χ4n) is 2.10. The average Bonchev–Trinajstić information content (AvgIpc) is 3.11. The second-order valence-electron chi connectivity index (χ2n) is 5.66. The molecule has 27 heavy (non-hydrogen) atoms. The van der Waals surface area contributed by atoms with Gasteiger partial charge in [0.25, 0.3) is 5.91 Å². The third-order valence-electron chi connectivity index (χ3n) is 3.52. The molecular weight excluding hydrogens is 375 g/mol. The molecule has 0 aromatic carbocycles. The molecule has 1 N–H and O–H groups in total. The number of carbonyl (C=O) groups is 1. The first-order valence-electron chi connectivity index (χ1n) is 7.64. The lowest BCUT2D eigenvalue weighted by Gasteiger charge is -2.12. The molecule has 0 fully saturated rings. The van der Waals surface area contributed by atoms with Gasteiger partial charge < -0.3 is 0 Å².